The molecule has 2 aromatic heterocycles. The van der Waals surface area contributed by atoms with Crippen LogP contribution in [-0.4, -0.2) is 24.1 Å². The number of fused-ring (bicyclic) bond motifs is 1. The molecule has 1 N–H and O–H groups in total. The van der Waals surface area contributed by atoms with E-state index in [1.54, 1.807) is 18.3 Å². The first-order valence-electron chi connectivity index (χ1n) is 9.50. The van der Waals surface area contributed by atoms with Crippen LogP contribution in [0.1, 0.15) is 5.56 Å². The molecule has 31 heavy (non-hydrogen) atoms. The number of H-pyrrole nitrogens is 1. The Labute approximate surface area is 182 Å². The van der Waals surface area contributed by atoms with Crippen molar-refractivity contribution < 1.29 is 8.78 Å². The second kappa shape index (κ2) is 8.35. The van der Waals surface area contributed by atoms with Gasteiger partial charge in [0.05, 0.1) is 12.1 Å². The zero-order chi connectivity index (χ0) is 22.1. The Kier molecular flexibility index (Phi) is 5.61. The highest BCUT2D eigenvalue weighted by Crippen LogP contribution is 2.31. The van der Waals surface area contributed by atoms with Gasteiger partial charge >= 0.3 is 0 Å². The van der Waals surface area contributed by atoms with Crippen LogP contribution < -0.4 is 15.4 Å². The van der Waals surface area contributed by atoms with Crippen LogP contribution in [0.5, 0.6) is 0 Å². The molecule has 0 aliphatic rings. The van der Waals surface area contributed by atoms with E-state index in [9.17, 15) is 13.6 Å². The van der Waals surface area contributed by atoms with Crippen LogP contribution in [0, 0.1) is 11.6 Å². The molecule has 0 radical (unpaired) electrons. The molecule has 158 valence electrons. The average Bonchev–Trinajstić information content (AvgIpc) is 2.75. The Hall–Kier alpha value is -3.45. The van der Waals surface area contributed by atoms with Gasteiger partial charge in [-0.15, -0.1) is 0 Å². The highest BCUT2D eigenvalue weighted by molar-refractivity contribution is 6.30. The Balaban J connectivity index is 1.89. The molecular formula is C23H19ClF2N4O. The molecule has 4 aromatic rings. The van der Waals surface area contributed by atoms with Gasteiger partial charge in [-0.2, -0.15) is 0 Å². The van der Waals surface area contributed by atoms with Crippen molar-refractivity contribution >= 4 is 39.7 Å². The van der Waals surface area contributed by atoms with Gasteiger partial charge in [0.2, 0.25) is 5.56 Å². The van der Waals surface area contributed by atoms with Crippen molar-refractivity contribution in [1.29, 1.82) is 0 Å². The average molecular weight is 441 g/mol. The molecule has 0 amide bonds. The molecule has 0 unspecified atom stereocenters. The predicted molar refractivity (Wildman–Crippen MR) is 120 cm³/mol. The highest BCUT2D eigenvalue weighted by atomic mass is 35.5. The van der Waals surface area contributed by atoms with E-state index in [1.165, 1.54) is 12.1 Å². The Morgan fingerprint density at radius 1 is 1.03 bits per heavy atom. The van der Waals surface area contributed by atoms with Crippen molar-refractivity contribution in [2.45, 2.75) is 6.54 Å². The van der Waals surface area contributed by atoms with Gasteiger partial charge in [-0.25, -0.2) is 13.8 Å². The second-order valence-electron chi connectivity index (χ2n) is 7.28. The van der Waals surface area contributed by atoms with Crippen molar-refractivity contribution in [1.82, 2.24) is 9.97 Å². The zero-order valence-corrected chi connectivity index (χ0v) is 17.6. The maximum Gasteiger partial charge on any atom is 0.248 e. The molecule has 2 aromatic carbocycles. The summed E-state index contributed by atoms with van der Waals surface area (Å²) in [6.45, 7) is 0.190. The summed E-state index contributed by atoms with van der Waals surface area (Å²) in [7, 11) is 3.84. The number of nitrogens with zero attached hydrogens (tertiary/aromatic N) is 3. The Morgan fingerprint density at radius 2 is 1.84 bits per heavy atom. The first-order chi connectivity index (χ1) is 14.8. The lowest BCUT2D eigenvalue weighted by Gasteiger charge is -2.26. The van der Waals surface area contributed by atoms with Gasteiger partial charge in [-0.05, 0) is 42.0 Å². The summed E-state index contributed by atoms with van der Waals surface area (Å²) >= 11 is 6.22. The summed E-state index contributed by atoms with van der Waals surface area (Å²) in [6.07, 6.45) is 1.69. The van der Waals surface area contributed by atoms with E-state index in [2.05, 4.69) is 9.97 Å². The number of hydrogen-bond donors (Lipinski definition) is 1. The van der Waals surface area contributed by atoms with Crippen LogP contribution in [0.3, 0.4) is 0 Å². The van der Waals surface area contributed by atoms with E-state index in [0.29, 0.717) is 21.8 Å². The molecule has 0 spiro atoms. The molecule has 0 aliphatic carbocycles. The second-order valence-corrected chi connectivity index (χ2v) is 7.71. The quantitative estimate of drug-likeness (QED) is 0.460. The maximum atomic E-state index is 14.3. The monoisotopic (exact) mass is 440 g/mol. The predicted octanol–water partition coefficient (Wildman–Crippen LogP) is 5.26. The minimum atomic E-state index is -1.08. The Morgan fingerprint density at radius 3 is 2.58 bits per heavy atom. The van der Waals surface area contributed by atoms with Gasteiger partial charge in [-0.3, -0.25) is 4.79 Å². The standard InChI is InChI=1S/C23H19ClF2N4O/c1-29(2)16-8-9-27-20(12-16)30(17-5-3-4-15(24)11-17)13-14-10-21(31)28-23-18(14)6-7-19(25)22(23)26/h3-12H,13H2,1-2H3,(H,28,31). The lowest BCUT2D eigenvalue weighted by molar-refractivity contribution is 0.515. The molecule has 0 aliphatic heterocycles. The number of nitrogens with one attached hydrogen (secondary N) is 1. The number of hydrogen-bond acceptors (Lipinski definition) is 4. The number of aromatic nitrogens is 2. The fraction of sp³-hybridized carbons (Fsp3) is 0.130. The van der Waals surface area contributed by atoms with Crippen molar-refractivity contribution in [3.05, 3.63) is 93.4 Å². The molecule has 2 heterocycles. The summed E-state index contributed by atoms with van der Waals surface area (Å²) in [5.74, 6) is -1.49. The molecule has 8 heteroatoms. The number of aromatic amines is 1. The number of rotatable bonds is 5. The summed E-state index contributed by atoms with van der Waals surface area (Å²) < 4.78 is 28.1. The zero-order valence-electron chi connectivity index (χ0n) is 16.9. The van der Waals surface area contributed by atoms with Crippen LogP contribution in [0.25, 0.3) is 10.9 Å². The normalized spacial score (nSPS) is 11.0. The third-order valence-electron chi connectivity index (χ3n) is 4.96. The lowest BCUT2D eigenvalue weighted by atomic mass is 10.1. The highest BCUT2D eigenvalue weighted by Gasteiger charge is 2.17. The molecule has 0 saturated carbocycles. The lowest BCUT2D eigenvalue weighted by Crippen LogP contribution is -2.20. The minimum Gasteiger partial charge on any atom is -0.378 e. The molecule has 4 rings (SSSR count). The van der Waals surface area contributed by atoms with E-state index in [-0.39, 0.29) is 12.1 Å². The summed E-state index contributed by atoms with van der Waals surface area (Å²) in [4.78, 5) is 22.9. The van der Waals surface area contributed by atoms with Crippen molar-refractivity contribution in [3.63, 3.8) is 0 Å². The van der Waals surface area contributed by atoms with Gasteiger partial charge in [0.15, 0.2) is 11.6 Å². The van der Waals surface area contributed by atoms with Crippen LogP contribution >= 0.6 is 11.6 Å². The first kappa shape index (κ1) is 20.8. The number of anilines is 3. The fourth-order valence-electron chi connectivity index (χ4n) is 3.42. The van der Waals surface area contributed by atoms with Gasteiger partial charge in [0, 0.05) is 54.2 Å². The molecular weight excluding hydrogens is 422 g/mol. The van der Waals surface area contributed by atoms with E-state index in [4.69, 9.17) is 11.6 Å². The number of halogens is 3. The topological polar surface area (TPSA) is 52.2 Å². The van der Waals surface area contributed by atoms with Gasteiger partial charge in [0.25, 0.3) is 0 Å². The van der Waals surface area contributed by atoms with Crippen LogP contribution in [0.4, 0.5) is 26.0 Å². The minimum absolute atomic E-state index is 0.163. The third kappa shape index (κ3) is 4.22. The van der Waals surface area contributed by atoms with Crippen molar-refractivity contribution in [2.75, 3.05) is 23.9 Å². The largest absolute Gasteiger partial charge is 0.378 e. The van der Waals surface area contributed by atoms with Gasteiger partial charge in [-0.1, -0.05) is 17.7 Å². The van der Waals surface area contributed by atoms with E-state index < -0.39 is 17.2 Å². The van der Waals surface area contributed by atoms with Crippen LogP contribution in [0.2, 0.25) is 5.02 Å². The van der Waals surface area contributed by atoms with E-state index >= 15 is 0 Å². The summed E-state index contributed by atoms with van der Waals surface area (Å²) in [5, 5.41) is 0.949. The molecule has 0 fully saturated rings. The molecule has 0 saturated heterocycles. The van der Waals surface area contributed by atoms with Crippen LogP contribution in [0.15, 0.2) is 65.6 Å². The van der Waals surface area contributed by atoms with Crippen molar-refractivity contribution in [2.24, 2.45) is 0 Å². The van der Waals surface area contributed by atoms with E-state index in [1.807, 2.05) is 48.2 Å². The van der Waals surface area contributed by atoms with Crippen molar-refractivity contribution in [3.8, 4) is 0 Å². The first-order valence-corrected chi connectivity index (χ1v) is 9.87. The van der Waals surface area contributed by atoms with Crippen LogP contribution in [-0.2, 0) is 6.54 Å². The summed E-state index contributed by atoms with van der Waals surface area (Å²) in [6, 6.07) is 14.9. The maximum absolute atomic E-state index is 14.3. The van der Waals surface area contributed by atoms with E-state index in [0.717, 1.165) is 17.4 Å². The third-order valence-corrected chi connectivity index (χ3v) is 5.20. The fourth-order valence-corrected chi connectivity index (χ4v) is 3.60. The SMILES string of the molecule is CN(C)c1ccnc(N(Cc2cc(=O)[nH]c3c(F)c(F)ccc23)c2cccc(Cl)c2)c1. The molecule has 0 atom stereocenters. The van der Waals surface area contributed by atoms with Gasteiger partial charge < -0.3 is 14.8 Å². The summed E-state index contributed by atoms with van der Waals surface area (Å²) in [5.41, 5.74) is 1.51. The number of benzene rings is 2. The van der Waals surface area contributed by atoms with Gasteiger partial charge in [0.1, 0.15) is 5.82 Å². The molecule has 0 bridgehead atoms. The molecule has 5 nitrogen and oxygen atoms in total. The Bertz CT molecular complexity index is 1320. The smallest absolute Gasteiger partial charge is 0.248 e. The number of pyridine rings is 2.